The van der Waals surface area contributed by atoms with Crippen LogP contribution in [0.1, 0.15) is 36.1 Å². The van der Waals surface area contributed by atoms with Gasteiger partial charge in [0.05, 0.1) is 33.4 Å². The van der Waals surface area contributed by atoms with E-state index in [-0.39, 0.29) is 5.56 Å². The summed E-state index contributed by atoms with van der Waals surface area (Å²) >= 11 is 14.5. The summed E-state index contributed by atoms with van der Waals surface area (Å²) < 4.78 is 14.9. The van der Waals surface area contributed by atoms with Crippen LogP contribution in [0.5, 0.6) is 5.75 Å². The fraction of sp³-hybridized carbons (Fsp3) is 0.167. The highest BCUT2D eigenvalue weighted by molar-refractivity contribution is 9.11. The third kappa shape index (κ3) is 5.74. The molecule has 0 amide bonds. The van der Waals surface area contributed by atoms with E-state index < -0.39 is 12.0 Å². The van der Waals surface area contributed by atoms with E-state index in [0.29, 0.717) is 50.0 Å². The average molecular weight is 703 g/mol. The Morgan fingerprint density at radius 1 is 1.12 bits per heavy atom. The van der Waals surface area contributed by atoms with Gasteiger partial charge in [0.2, 0.25) is 0 Å². The molecule has 0 spiro atoms. The first-order valence-electron chi connectivity index (χ1n) is 12.3. The highest BCUT2D eigenvalue weighted by Gasteiger charge is 2.33. The zero-order valence-electron chi connectivity index (χ0n) is 21.5. The summed E-state index contributed by atoms with van der Waals surface area (Å²) in [6, 6.07) is 20.0. The van der Waals surface area contributed by atoms with Gasteiger partial charge in [0.15, 0.2) is 4.80 Å². The van der Waals surface area contributed by atoms with Crippen molar-refractivity contribution >= 4 is 66.8 Å². The van der Waals surface area contributed by atoms with Crippen LogP contribution in [0.15, 0.2) is 96.7 Å². The van der Waals surface area contributed by atoms with Gasteiger partial charge in [-0.05, 0) is 63.8 Å². The molecule has 10 heteroatoms. The topological polar surface area (TPSA) is 69.9 Å². The van der Waals surface area contributed by atoms with Gasteiger partial charge in [-0.2, -0.15) is 0 Å². The number of carbonyl (C=O) groups excluding carboxylic acids is 1. The molecular weight excluding hydrogens is 680 g/mol. The maximum absolute atomic E-state index is 14.0. The maximum atomic E-state index is 14.0. The van der Waals surface area contributed by atoms with Crippen molar-refractivity contribution in [2.75, 3.05) is 7.11 Å². The van der Waals surface area contributed by atoms with Crippen LogP contribution in [0.2, 0.25) is 5.02 Å². The number of fused-ring (bicyclic) bond motifs is 1. The van der Waals surface area contributed by atoms with Gasteiger partial charge in [0.25, 0.3) is 5.56 Å². The van der Waals surface area contributed by atoms with Gasteiger partial charge in [-0.15, -0.1) is 0 Å². The zero-order valence-corrected chi connectivity index (χ0v) is 26.2. The molecule has 1 aromatic heterocycles. The number of allylic oxidation sites excluding steroid dienone is 1. The molecule has 0 unspecified atom stereocenters. The number of hydrogen-bond donors (Lipinski definition) is 0. The van der Waals surface area contributed by atoms with E-state index >= 15 is 0 Å². The van der Waals surface area contributed by atoms with E-state index in [2.05, 4.69) is 31.9 Å². The molecule has 0 radical (unpaired) electrons. The number of thiazole rings is 1. The van der Waals surface area contributed by atoms with Crippen LogP contribution in [0, 0.1) is 0 Å². The second-order valence-electron chi connectivity index (χ2n) is 8.92. The smallest absolute Gasteiger partial charge is 0.338 e. The van der Waals surface area contributed by atoms with Gasteiger partial charge in [0.1, 0.15) is 12.4 Å². The monoisotopic (exact) mass is 700 g/mol. The molecule has 1 aliphatic heterocycles. The zero-order chi connectivity index (χ0) is 28.4. The van der Waals surface area contributed by atoms with E-state index in [1.54, 1.807) is 10.6 Å². The minimum Gasteiger partial charge on any atom is -0.487 e. The van der Waals surface area contributed by atoms with Crippen molar-refractivity contribution in [2.45, 2.75) is 26.0 Å². The summed E-state index contributed by atoms with van der Waals surface area (Å²) in [6.07, 6.45) is 2.31. The molecule has 0 aliphatic carbocycles. The SMILES string of the molecule is CCC1=C(C(=O)OC)[C@H](c2ccccc2)n2c(s/c(=C/c3cc(Br)cc(Br)c3OCc3ccc(Cl)cc3)c2=O)=N1. The summed E-state index contributed by atoms with van der Waals surface area (Å²) in [4.78, 5) is 32.2. The van der Waals surface area contributed by atoms with Crippen LogP contribution in [0.4, 0.5) is 0 Å². The molecule has 204 valence electrons. The number of aromatic nitrogens is 1. The summed E-state index contributed by atoms with van der Waals surface area (Å²) in [5.74, 6) is 0.0885. The molecule has 4 aromatic rings. The second-order valence-corrected chi connectivity index (χ2v) is 12.1. The summed E-state index contributed by atoms with van der Waals surface area (Å²) in [5, 5.41) is 0.653. The Bertz CT molecular complexity index is 1800. The van der Waals surface area contributed by atoms with Crippen molar-refractivity contribution in [1.29, 1.82) is 0 Å². The van der Waals surface area contributed by atoms with E-state index in [0.717, 1.165) is 20.1 Å². The van der Waals surface area contributed by atoms with E-state index in [1.807, 2.05) is 73.7 Å². The van der Waals surface area contributed by atoms with Crippen molar-refractivity contribution in [1.82, 2.24) is 4.57 Å². The van der Waals surface area contributed by atoms with Crippen molar-refractivity contribution < 1.29 is 14.3 Å². The van der Waals surface area contributed by atoms with E-state index in [4.69, 9.17) is 26.1 Å². The molecule has 0 fully saturated rings. The molecular formula is C30H23Br2ClN2O4S. The number of ether oxygens (including phenoxy) is 2. The molecule has 5 rings (SSSR count). The van der Waals surface area contributed by atoms with Gasteiger partial charge in [-0.25, -0.2) is 9.79 Å². The normalized spacial score (nSPS) is 15.0. The second kappa shape index (κ2) is 12.3. The predicted octanol–water partition coefficient (Wildman–Crippen LogP) is 6.56. The summed E-state index contributed by atoms with van der Waals surface area (Å²) in [7, 11) is 1.34. The first kappa shape index (κ1) is 28.5. The lowest BCUT2D eigenvalue weighted by Crippen LogP contribution is -2.40. The number of methoxy groups -OCH3 is 1. The van der Waals surface area contributed by atoms with Crippen molar-refractivity contribution in [3.63, 3.8) is 0 Å². The largest absolute Gasteiger partial charge is 0.487 e. The van der Waals surface area contributed by atoms with Gasteiger partial charge < -0.3 is 9.47 Å². The number of rotatable bonds is 7. The van der Waals surface area contributed by atoms with Gasteiger partial charge >= 0.3 is 5.97 Å². The lowest BCUT2D eigenvalue weighted by molar-refractivity contribution is -0.136. The lowest BCUT2D eigenvalue weighted by atomic mass is 9.95. The first-order valence-corrected chi connectivity index (χ1v) is 15.1. The Hall–Kier alpha value is -2.98. The minimum absolute atomic E-state index is 0.256. The Balaban J connectivity index is 1.66. The maximum Gasteiger partial charge on any atom is 0.338 e. The standard InChI is InChI=1S/C30H23Br2ClN2O4S/c1-3-23-25(29(37)38-2)26(18-7-5-4-6-8-18)35-28(36)24(40-30(35)34-23)14-19-13-20(31)15-22(32)27(19)39-16-17-9-11-21(33)12-10-17/h4-15,26H,3,16H2,1-2H3/b24-14+/t26-/m0/s1. The van der Waals surface area contributed by atoms with Gasteiger partial charge in [-0.3, -0.25) is 9.36 Å². The third-order valence-corrected chi connectivity index (χ3v) is 8.67. The number of esters is 1. The highest BCUT2D eigenvalue weighted by atomic mass is 79.9. The van der Waals surface area contributed by atoms with Gasteiger partial charge in [0, 0.05) is 15.1 Å². The van der Waals surface area contributed by atoms with Crippen LogP contribution in [-0.4, -0.2) is 17.6 Å². The lowest BCUT2D eigenvalue weighted by Gasteiger charge is -2.25. The van der Waals surface area contributed by atoms with E-state index in [1.165, 1.54) is 18.4 Å². The average Bonchev–Trinajstić information content (AvgIpc) is 3.26. The first-order chi connectivity index (χ1) is 19.3. The van der Waals surface area contributed by atoms with Crippen LogP contribution in [0.25, 0.3) is 6.08 Å². The quantitative estimate of drug-likeness (QED) is 0.205. The fourth-order valence-electron chi connectivity index (χ4n) is 4.53. The van der Waals surface area contributed by atoms with E-state index in [9.17, 15) is 9.59 Å². The van der Waals surface area contributed by atoms with Crippen LogP contribution >= 0.6 is 54.8 Å². The molecule has 0 N–H and O–H groups in total. The molecule has 40 heavy (non-hydrogen) atoms. The van der Waals surface area contributed by atoms with Crippen LogP contribution in [0.3, 0.4) is 0 Å². The van der Waals surface area contributed by atoms with Crippen LogP contribution < -0.4 is 19.6 Å². The minimum atomic E-state index is -0.656. The van der Waals surface area contributed by atoms with Gasteiger partial charge in [-0.1, -0.05) is 88.3 Å². The number of hydrogen-bond acceptors (Lipinski definition) is 6. The molecule has 0 saturated carbocycles. The molecule has 1 atom stereocenters. The molecule has 0 bridgehead atoms. The summed E-state index contributed by atoms with van der Waals surface area (Å²) in [5.41, 5.74) is 3.18. The number of nitrogens with zero attached hydrogens (tertiary/aromatic N) is 2. The molecule has 1 aliphatic rings. The Morgan fingerprint density at radius 3 is 2.52 bits per heavy atom. The Kier molecular flexibility index (Phi) is 8.75. The molecule has 6 nitrogen and oxygen atoms in total. The number of carbonyl (C=O) groups is 1. The predicted molar refractivity (Wildman–Crippen MR) is 164 cm³/mol. The molecule has 2 heterocycles. The molecule has 3 aromatic carbocycles. The summed E-state index contributed by atoms with van der Waals surface area (Å²) in [6.45, 7) is 2.25. The fourth-order valence-corrected chi connectivity index (χ4v) is 7.04. The highest BCUT2D eigenvalue weighted by Crippen LogP contribution is 2.35. The Labute approximate surface area is 256 Å². The number of halogens is 3. The molecule has 0 saturated heterocycles. The van der Waals surface area contributed by atoms with Crippen molar-refractivity contribution in [2.24, 2.45) is 4.99 Å². The van der Waals surface area contributed by atoms with Crippen LogP contribution in [-0.2, 0) is 16.1 Å². The third-order valence-electron chi connectivity index (χ3n) is 6.39. The van der Waals surface area contributed by atoms with Crippen molar-refractivity contribution in [3.05, 3.63) is 128 Å². The Morgan fingerprint density at radius 2 is 1.85 bits per heavy atom. The number of benzene rings is 3. The van der Waals surface area contributed by atoms with Crippen molar-refractivity contribution in [3.8, 4) is 5.75 Å².